The third-order valence-electron chi connectivity index (χ3n) is 12.4. The van der Waals surface area contributed by atoms with E-state index in [9.17, 15) is 9.90 Å². The molecule has 312 valence electrons. The van der Waals surface area contributed by atoms with Crippen molar-refractivity contribution in [2.75, 3.05) is 61.6 Å². The second-order valence-electron chi connectivity index (χ2n) is 16.3. The number of nitrogens with zero attached hydrogens (tertiary/aromatic N) is 7. The van der Waals surface area contributed by atoms with Gasteiger partial charge in [-0.15, -0.1) is 6.42 Å². The first-order chi connectivity index (χ1) is 28.8. The van der Waals surface area contributed by atoms with Crippen molar-refractivity contribution >= 4 is 44.9 Å². The van der Waals surface area contributed by atoms with Crippen LogP contribution < -0.4 is 19.9 Å². The maximum Gasteiger partial charge on any atom is 0.319 e. The van der Waals surface area contributed by atoms with Crippen molar-refractivity contribution < 1.29 is 32.5 Å². The van der Waals surface area contributed by atoms with Crippen LogP contribution >= 0.6 is 0 Å². The number of alkyl halides is 1. The summed E-state index contributed by atoms with van der Waals surface area (Å²) in [5.41, 5.74) is -0.994. The average Bonchev–Trinajstić information content (AvgIpc) is 3.86. The topological polar surface area (TPSA) is 129 Å². The van der Waals surface area contributed by atoms with Crippen molar-refractivity contribution in [1.82, 2.24) is 24.8 Å². The van der Waals surface area contributed by atoms with Gasteiger partial charge in [0.25, 0.3) is 0 Å². The molecular weight excluding hydrogens is 774 g/mol. The van der Waals surface area contributed by atoms with Crippen LogP contribution in [0.1, 0.15) is 51.5 Å². The monoisotopic (exact) mass is 820 g/mol. The molecule has 2 saturated heterocycles. The zero-order valence-corrected chi connectivity index (χ0v) is 33.8. The summed E-state index contributed by atoms with van der Waals surface area (Å²) in [6, 6.07) is 9.16. The van der Waals surface area contributed by atoms with Gasteiger partial charge in [0, 0.05) is 49.7 Å². The highest BCUT2D eigenvalue weighted by Gasteiger charge is 2.44. The Morgan fingerprint density at radius 3 is 2.70 bits per heavy atom. The number of anilines is 3. The van der Waals surface area contributed by atoms with Crippen LogP contribution in [0.4, 0.5) is 30.5 Å². The van der Waals surface area contributed by atoms with Crippen LogP contribution in [0.15, 0.2) is 61.4 Å². The van der Waals surface area contributed by atoms with Gasteiger partial charge in [-0.3, -0.25) is 9.78 Å². The van der Waals surface area contributed by atoms with Gasteiger partial charge in [0.15, 0.2) is 5.82 Å². The number of amides is 1. The molecule has 12 nitrogen and oxygen atoms in total. The highest BCUT2D eigenvalue weighted by molar-refractivity contribution is 6.03. The molecule has 0 bridgehead atoms. The number of fused-ring (bicyclic) bond motifs is 2. The Hall–Kier alpha value is -6.14. The Bertz CT molecular complexity index is 2510. The molecule has 15 heteroatoms. The van der Waals surface area contributed by atoms with Crippen LogP contribution in [0.3, 0.4) is 0 Å². The van der Waals surface area contributed by atoms with Crippen LogP contribution in [-0.4, -0.2) is 106 Å². The Morgan fingerprint density at radius 1 is 1.18 bits per heavy atom. The first-order valence-electron chi connectivity index (χ1n) is 20.1. The fraction of sp³-hybridized carbons (Fsp3) is 0.400. The molecule has 5 aromatic rings. The summed E-state index contributed by atoms with van der Waals surface area (Å²) in [6.45, 7) is 9.90. The normalized spacial score (nSPS) is 21.3. The SMILES string of the molecule is C#Cc1c(F)ccc2cc(O)cc(-c3ncc4c(NCC5(N(C)C(=O)C=C)CCCC5)nc(OC[C@]5(C)C[C@@H](F)CN5c5ccc(N6CCOC[C@@H]6C)cn5)nc4c3F)c12. The molecule has 3 aromatic heterocycles. The van der Waals surface area contributed by atoms with Gasteiger partial charge in [-0.25, -0.2) is 18.2 Å². The summed E-state index contributed by atoms with van der Waals surface area (Å²) in [5, 5.41) is 14.8. The Kier molecular flexibility index (Phi) is 10.9. The molecule has 8 rings (SSSR count). The van der Waals surface area contributed by atoms with Crippen molar-refractivity contribution in [1.29, 1.82) is 0 Å². The van der Waals surface area contributed by atoms with E-state index in [2.05, 4.69) is 39.6 Å². The minimum absolute atomic E-state index is 0.0617. The van der Waals surface area contributed by atoms with Crippen LogP contribution in [0.5, 0.6) is 11.8 Å². The molecule has 0 spiro atoms. The molecule has 60 heavy (non-hydrogen) atoms. The van der Waals surface area contributed by atoms with Crippen molar-refractivity contribution in [3.05, 3.63) is 78.6 Å². The van der Waals surface area contributed by atoms with E-state index in [1.807, 2.05) is 24.0 Å². The van der Waals surface area contributed by atoms with E-state index in [0.717, 1.165) is 37.9 Å². The fourth-order valence-electron chi connectivity index (χ4n) is 9.07. The number of terminal acetylenes is 1. The first-order valence-corrected chi connectivity index (χ1v) is 20.1. The number of aromatic hydroxyl groups is 1. The molecule has 2 aromatic carbocycles. The Labute approximate surface area is 346 Å². The first kappa shape index (κ1) is 40.6. The van der Waals surface area contributed by atoms with E-state index in [0.29, 0.717) is 24.4 Å². The number of phenolic OH excluding ortho intramolecular Hbond substituents is 1. The van der Waals surface area contributed by atoms with Crippen LogP contribution in [0, 0.1) is 24.0 Å². The van der Waals surface area contributed by atoms with Gasteiger partial charge in [0.1, 0.15) is 47.2 Å². The number of ether oxygens (including phenoxy) is 2. The number of rotatable bonds is 11. The second kappa shape index (κ2) is 16.1. The summed E-state index contributed by atoms with van der Waals surface area (Å²) < 4.78 is 59.4. The molecule has 0 unspecified atom stereocenters. The summed E-state index contributed by atoms with van der Waals surface area (Å²) in [7, 11) is 1.74. The molecular formula is C45H47F3N8O4. The molecule has 3 atom stereocenters. The molecule has 5 heterocycles. The third-order valence-corrected chi connectivity index (χ3v) is 12.4. The lowest BCUT2D eigenvalue weighted by atomic mass is 9.95. The summed E-state index contributed by atoms with van der Waals surface area (Å²) in [6.07, 6.45) is 12.4. The number of hydrogen-bond donors (Lipinski definition) is 2. The molecule has 3 fully saturated rings. The predicted molar refractivity (Wildman–Crippen MR) is 225 cm³/mol. The summed E-state index contributed by atoms with van der Waals surface area (Å²) in [4.78, 5) is 37.1. The van der Waals surface area contributed by atoms with E-state index < -0.39 is 28.9 Å². The lowest BCUT2D eigenvalue weighted by Crippen LogP contribution is -2.51. The predicted octanol–water partition coefficient (Wildman–Crippen LogP) is 7.19. The molecule has 1 amide bonds. The lowest BCUT2D eigenvalue weighted by Gasteiger charge is -2.38. The minimum atomic E-state index is -1.17. The van der Waals surface area contributed by atoms with E-state index in [1.54, 1.807) is 18.1 Å². The number of carbonyl (C=O) groups excluding carboxylic acids is 1. The maximum absolute atomic E-state index is 17.1. The van der Waals surface area contributed by atoms with Gasteiger partial charge >= 0.3 is 6.01 Å². The lowest BCUT2D eigenvalue weighted by molar-refractivity contribution is -0.129. The van der Waals surface area contributed by atoms with Gasteiger partial charge in [-0.2, -0.15) is 9.97 Å². The van der Waals surface area contributed by atoms with Gasteiger partial charge < -0.3 is 34.6 Å². The number of likely N-dealkylation sites (N-methyl/N-ethyl adjacent to an activating group) is 1. The second-order valence-corrected chi connectivity index (χ2v) is 16.3. The van der Waals surface area contributed by atoms with Crippen LogP contribution in [0.25, 0.3) is 32.9 Å². The summed E-state index contributed by atoms with van der Waals surface area (Å²) >= 11 is 0. The molecule has 3 aliphatic rings. The number of phenols is 1. The fourth-order valence-corrected chi connectivity index (χ4v) is 9.07. The summed E-state index contributed by atoms with van der Waals surface area (Å²) in [5.74, 6) is 1.11. The van der Waals surface area contributed by atoms with Crippen molar-refractivity contribution in [2.45, 2.75) is 69.2 Å². The van der Waals surface area contributed by atoms with Crippen molar-refractivity contribution in [2.24, 2.45) is 0 Å². The number of nitrogens with one attached hydrogen (secondary N) is 1. The Morgan fingerprint density at radius 2 is 1.98 bits per heavy atom. The number of benzene rings is 2. The van der Waals surface area contributed by atoms with E-state index in [1.165, 1.54) is 36.5 Å². The number of halogens is 3. The highest BCUT2D eigenvalue weighted by Crippen LogP contribution is 2.41. The molecule has 0 radical (unpaired) electrons. The minimum Gasteiger partial charge on any atom is -0.508 e. The standard InChI is InChI=1S/C45H47F3N8O4/c1-6-32-35(47)12-10-28-18-31(57)19-33(38(28)32)40-39(48)41-34(22-50-40)42(51-25-45(14-8-9-15-45)54(5)37(58)7-2)53-43(52-41)60-26-44(4)20-29(46)23-56(44)36-13-11-30(21-49-36)55-16-17-59-24-27(55)3/h1,7,10-13,18-19,21-22,27,29,57H,2,8-9,14-17,20,23-26H2,3-5H3,(H,51,52,53)/t27-,29+,44-/m0/s1. The van der Waals surface area contributed by atoms with Crippen molar-refractivity contribution in [3.8, 4) is 35.4 Å². The number of pyridine rings is 2. The molecule has 2 aliphatic heterocycles. The van der Waals surface area contributed by atoms with Gasteiger partial charge in [-0.1, -0.05) is 31.4 Å². The molecule has 2 N–H and O–H groups in total. The molecule has 1 aliphatic carbocycles. The van der Waals surface area contributed by atoms with Gasteiger partial charge in [0.2, 0.25) is 5.91 Å². The largest absolute Gasteiger partial charge is 0.508 e. The Balaban J connectivity index is 1.17. The zero-order chi connectivity index (χ0) is 42.3. The maximum atomic E-state index is 17.1. The molecule has 1 saturated carbocycles. The third kappa shape index (κ3) is 7.38. The van der Waals surface area contributed by atoms with Gasteiger partial charge in [-0.05, 0) is 68.5 Å². The quantitative estimate of drug-likeness (QED) is 0.104. The van der Waals surface area contributed by atoms with Crippen LogP contribution in [0.2, 0.25) is 0 Å². The smallest absolute Gasteiger partial charge is 0.319 e. The van der Waals surface area contributed by atoms with Crippen LogP contribution in [-0.2, 0) is 9.53 Å². The van der Waals surface area contributed by atoms with Gasteiger partial charge in [0.05, 0.1) is 53.7 Å². The number of morpholine rings is 1. The van der Waals surface area contributed by atoms with E-state index >= 15 is 13.2 Å². The number of aromatic nitrogens is 4. The number of hydrogen-bond acceptors (Lipinski definition) is 11. The number of carbonyl (C=O) groups is 1. The highest BCUT2D eigenvalue weighted by atomic mass is 19.1. The van der Waals surface area contributed by atoms with E-state index in [-0.39, 0.29) is 88.8 Å². The zero-order valence-electron chi connectivity index (χ0n) is 33.8. The van der Waals surface area contributed by atoms with Crippen molar-refractivity contribution in [3.63, 3.8) is 0 Å². The van der Waals surface area contributed by atoms with E-state index in [4.69, 9.17) is 25.9 Å². The average molecular weight is 821 g/mol.